The van der Waals surface area contributed by atoms with Crippen LogP contribution in [0.4, 0.5) is 5.69 Å². The fourth-order valence-electron chi connectivity index (χ4n) is 7.76. The number of Topliss-reactive ketones (excluding diaryl/α,β-unsaturated/α-hetero) is 1. The summed E-state index contributed by atoms with van der Waals surface area (Å²) in [5, 5.41) is 68.8. The van der Waals surface area contributed by atoms with Crippen LogP contribution in [0.1, 0.15) is 76.9 Å². The average molecular weight is 861 g/mol. The second kappa shape index (κ2) is 20.3. The lowest BCUT2D eigenvalue weighted by Crippen LogP contribution is -2.46. The molecule has 3 aliphatic rings. The summed E-state index contributed by atoms with van der Waals surface area (Å²) in [5.41, 5.74) is -0.698. The molecule has 16 nitrogen and oxygen atoms in total. The fraction of sp³-hybridized carbons (Fsp3) is 0.457. The van der Waals surface area contributed by atoms with E-state index in [1.54, 1.807) is 63.8 Å². The highest BCUT2D eigenvalue weighted by atomic mass is 16.7. The molecule has 5 bridgehead atoms. The van der Waals surface area contributed by atoms with E-state index in [0.29, 0.717) is 18.9 Å². The SMILES string of the molecule is C=CCN(CC=C)/C(C)=N/N=C/c1c2c(O)c3c(O)c(C)c4c(c3c1O)C(=O)[C@@](C)(O/C=C/[C@H](OC)[C@@H](C)[C@@H](OC(C)=O)[C@H](C)[C@H](O)[C@H](C)[C@@H](O)[C@@H](C)/C=C/C=C(/C)C(=O)N2)O4. The van der Waals surface area contributed by atoms with Gasteiger partial charge in [-0.3, -0.25) is 14.4 Å². The third-order valence-corrected chi connectivity index (χ3v) is 11.6. The summed E-state index contributed by atoms with van der Waals surface area (Å²) in [4.78, 5) is 42.4. The van der Waals surface area contributed by atoms with Crippen LogP contribution in [0.15, 0.2) is 71.7 Å². The largest absolute Gasteiger partial charge is 0.507 e. The highest BCUT2D eigenvalue weighted by Gasteiger charge is 2.50. The van der Waals surface area contributed by atoms with Crippen molar-refractivity contribution in [2.24, 2.45) is 33.9 Å². The van der Waals surface area contributed by atoms with Gasteiger partial charge in [-0.25, -0.2) is 0 Å². The zero-order valence-corrected chi connectivity index (χ0v) is 37.0. The summed E-state index contributed by atoms with van der Waals surface area (Å²) >= 11 is 0. The predicted molar refractivity (Wildman–Crippen MR) is 236 cm³/mol. The monoisotopic (exact) mass is 860 g/mol. The molecule has 1 amide bonds. The lowest BCUT2D eigenvalue weighted by molar-refractivity contribution is -0.160. The molecule has 6 N–H and O–H groups in total. The molecule has 336 valence electrons. The molecule has 2 aromatic rings. The fourth-order valence-corrected chi connectivity index (χ4v) is 7.76. The Morgan fingerprint density at radius 2 is 1.60 bits per heavy atom. The van der Waals surface area contributed by atoms with Gasteiger partial charge < -0.3 is 54.7 Å². The first-order valence-electron chi connectivity index (χ1n) is 20.3. The maximum absolute atomic E-state index is 14.5. The number of carbonyl (C=O) groups excluding carboxylic acids is 3. The van der Waals surface area contributed by atoms with E-state index in [1.165, 1.54) is 53.2 Å². The topological polar surface area (TPSA) is 229 Å². The summed E-state index contributed by atoms with van der Waals surface area (Å²) < 4.78 is 23.6. The van der Waals surface area contributed by atoms with Gasteiger partial charge in [0.05, 0.1) is 53.0 Å². The van der Waals surface area contributed by atoms with E-state index in [2.05, 4.69) is 28.7 Å². The lowest BCUT2D eigenvalue weighted by Gasteiger charge is -2.38. The second-order valence-electron chi connectivity index (χ2n) is 16.0. The van der Waals surface area contributed by atoms with Gasteiger partial charge in [0.2, 0.25) is 0 Å². The Morgan fingerprint density at radius 3 is 2.19 bits per heavy atom. The molecule has 0 aromatic heterocycles. The number of allylic oxidation sites excluding steroid dienone is 2. The number of anilines is 1. The van der Waals surface area contributed by atoms with E-state index >= 15 is 0 Å². The van der Waals surface area contributed by atoms with E-state index in [-0.39, 0.29) is 44.5 Å². The van der Waals surface area contributed by atoms with Gasteiger partial charge in [-0.05, 0) is 26.8 Å². The minimum Gasteiger partial charge on any atom is -0.507 e. The summed E-state index contributed by atoms with van der Waals surface area (Å²) in [5.74, 6) is -8.37. The van der Waals surface area contributed by atoms with Gasteiger partial charge in [0.1, 0.15) is 29.2 Å². The number of phenols is 3. The molecule has 0 saturated heterocycles. The standard InChI is InChI=1S/C46H60N4O12/c1-13-19-50(20-14-2)29(9)49-47-22-31-36-41(56)34-33(40(31)55)35-43(28(8)39(34)54)62-46(11,44(35)57)60-21-18-32(59-12)25(5)42(61-30(10)51)27(7)38(53)26(6)37(52)23(3)16-15-17-24(4)45(58)48-36/h13-18,21-23,25-27,32,37-38,42,52-56H,1-2,19-20H2,3-12H3,(H,48,58)/b16-15+,21-18+,24-17-,47-22+,49-29+/t23-,25+,26+,27+,32-,37-,38+,42+,46-/m0/s1. The number of amidine groups is 1. The zero-order valence-electron chi connectivity index (χ0n) is 37.0. The third kappa shape index (κ3) is 9.88. The number of amides is 1. The van der Waals surface area contributed by atoms with Crippen LogP contribution < -0.4 is 10.1 Å². The van der Waals surface area contributed by atoms with E-state index in [0.717, 1.165) is 6.21 Å². The summed E-state index contributed by atoms with van der Waals surface area (Å²) in [6.07, 6.45) is 7.81. The van der Waals surface area contributed by atoms with Gasteiger partial charge in [0.15, 0.2) is 5.75 Å². The van der Waals surface area contributed by atoms with E-state index in [4.69, 9.17) is 18.9 Å². The van der Waals surface area contributed by atoms with Crippen molar-refractivity contribution in [3.8, 4) is 23.0 Å². The number of aliphatic hydroxyl groups is 2. The summed E-state index contributed by atoms with van der Waals surface area (Å²) in [6, 6.07) is 0. The number of carbonyl (C=O) groups is 3. The predicted octanol–water partition coefficient (Wildman–Crippen LogP) is 6.18. The number of esters is 1. The van der Waals surface area contributed by atoms with Crippen LogP contribution in [0, 0.1) is 30.6 Å². The number of aliphatic hydroxyl groups excluding tert-OH is 2. The molecule has 0 aliphatic carbocycles. The van der Waals surface area contributed by atoms with Crippen LogP contribution in [-0.2, 0) is 23.8 Å². The highest BCUT2D eigenvalue weighted by molar-refractivity contribution is 6.24. The molecule has 2 aromatic carbocycles. The maximum atomic E-state index is 14.5. The van der Waals surface area contributed by atoms with Crippen LogP contribution in [0.25, 0.3) is 10.8 Å². The van der Waals surface area contributed by atoms with Crippen LogP contribution in [0.5, 0.6) is 23.0 Å². The van der Waals surface area contributed by atoms with Crippen molar-refractivity contribution in [3.05, 3.63) is 78.1 Å². The van der Waals surface area contributed by atoms with Crippen LogP contribution in [0.2, 0.25) is 0 Å². The molecule has 0 fully saturated rings. The van der Waals surface area contributed by atoms with E-state index in [9.17, 15) is 39.9 Å². The number of phenolic OH excluding ortho intramolecular Hbond substituents is 3. The molecule has 0 spiro atoms. The number of ketones is 1. The average Bonchev–Trinajstić information content (AvgIpc) is 3.49. The number of aromatic hydroxyl groups is 3. The van der Waals surface area contributed by atoms with Gasteiger partial charge >= 0.3 is 11.8 Å². The summed E-state index contributed by atoms with van der Waals surface area (Å²) in [6.45, 7) is 22.4. The Labute approximate surface area is 362 Å². The van der Waals surface area contributed by atoms with Gasteiger partial charge in [-0.1, -0.05) is 58.1 Å². The number of ether oxygens (including phenoxy) is 4. The van der Waals surface area contributed by atoms with Gasteiger partial charge in [0.25, 0.3) is 11.7 Å². The number of nitrogens with one attached hydrogen (secondary N) is 1. The van der Waals surface area contributed by atoms with Gasteiger partial charge in [-0.15, -0.1) is 18.3 Å². The first-order valence-corrected chi connectivity index (χ1v) is 20.3. The Hall–Kier alpha value is -5.97. The van der Waals surface area contributed by atoms with Crippen molar-refractivity contribution in [1.29, 1.82) is 0 Å². The van der Waals surface area contributed by atoms with E-state index < -0.39 is 88.8 Å². The number of hydrogen-bond acceptors (Lipinski definition) is 14. The summed E-state index contributed by atoms with van der Waals surface area (Å²) in [7, 11) is 1.42. The Morgan fingerprint density at radius 1 is 0.952 bits per heavy atom. The minimum atomic E-state index is -2.08. The minimum absolute atomic E-state index is 0.0210. The van der Waals surface area contributed by atoms with Crippen LogP contribution in [-0.4, -0.2) is 111 Å². The second-order valence-corrected chi connectivity index (χ2v) is 16.0. The number of hydrogen-bond donors (Lipinski definition) is 6. The number of rotatable bonds is 8. The molecular weight excluding hydrogens is 801 g/mol. The van der Waals surface area contributed by atoms with Crippen molar-refractivity contribution in [2.45, 2.75) is 92.5 Å². The molecule has 0 radical (unpaired) electrons. The normalized spacial score (nSPS) is 29.4. The molecule has 5 rings (SSSR count). The molecule has 16 heteroatoms. The first-order chi connectivity index (χ1) is 29.2. The lowest BCUT2D eigenvalue weighted by atomic mass is 9.78. The number of nitrogens with zero attached hydrogens (tertiary/aromatic N) is 3. The molecule has 3 aliphatic heterocycles. The van der Waals surface area contributed by atoms with E-state index in [1.807, 2.05) is 0 Å². The molecule has 0 unspecified atom stereocenters. The van der Waals surface area contributed by atoms with Crippen molar-refractivity contribution in [1.82, 2.24) is 4.90 Å². The van der Waals surface area contributed by atoms with Gasteiger partial charge in [0, 0.05) is 74.2 Å². The molecule has 62 heavy (non-hydrogen) atoms. The number of methoxy groups -OCH3 is 1. The third-order valence-electron chi connectivity index (χ3n) is 11.6. The Balaban J connectivity index is 2.00. The van der Waals surface area contributed by atoms with Gasteiger partial charge in [-0.2, -0.15) is 5.10 Å². The number of fused-ring (bicyclic) bond motifs is 14. The number of benzene rings is 2. The first kappa shape index (κ1) is 48.7. The molecule has 0 saturated carbocycles. The maximum Gasteiger partial charge on any atom is 0.312 e. The molecule has 9 atom stereocenters. The molecule has 3 heterocycles. The van der Waals surface area contributed by atoms with Crippen molar-refractivity contribution in [3.63, 3.8) is 0 Å². The van der Waals surface area contributed by atoms with Crippen molar-refractivity contribution >= 4 is 46.2 Å². The Bertz CT molecular complexity index is 2220. The van der Waals surface area contributed by atoms with Crippen molar-refractivity contribution in [2.75, 3.05) is 25.5 Å². The zero-order chi connectivity index (χ0) is 46.4. The van der Waals surface area contributed by atoms with Crippen LogP contribution in [0.3, 0.4) is 0 Å². The highest BCUT2D eigenvalue weighted by Crippen LogP contribution is 2.55. The Kier molecular flexibility index (Phi) is 15.9. The quantitative estimate of drug-likeness (QED) is 0.0332. The smallest absolute Gasteiger partial charge is 0.312 e. The molecular formula is C46H60N4O12. The van der Waals surface area contributed by atoms with Crippen LogP contribution >= 0.6 is 0 Å². The van der Waals surface area contributed by atoms with Crippen molar-refractivity contribution < 1.29 is 58.9 Å².